The van der Waals surface area contributed by atoms with Gasteiger partial charge in [0.2, 0.25) is 0 Å². The van der Waals surface area contributed by atoms with Crippen LogP contribution in [-0.4, -0.2) is 63.7 Å². The van der Waals surface area contributed by atoms with Crippen LogP contribution in [0.4, 0.5) is 0 Å². The number of carbonyl (C=O) groups is 1. The Labute approximate surface area is 186 Å². The highest BCUT2D eigenvalue weighted by Gasteiger charge is 2.45. The van der Waals surface area contributed by atoms with Crippen molar-refractivity contribution in [2.45, 2.75) is 115 Å². The molecule has 0 aromatic carbocycles. The van der Waals surface area contributed by atoms with Gasteiger partial charge in [-0.05, 0) is 38.5 Å². The van der Waals surface area contributed by atoms with E-state index in [0.29, 0.717) is 6.42 Å². The second kappa shape index (κ2) is 17.3. The Morgan fingerprint density at radius 3 is 2.13 bits per heavy atom. The molecule has 0 aromatic heterocycles. The number of allylic oxidation sites excluding steroid dienone is 4. The molecule has 4 N–H and O–H groups in total. The van der Waals surface area contributed by atoms with E-state index >= 15 is 0 Å². The predicted molar refractivity (Wildman–Crippen MR) is 119 cm³/mol. The van der Waals surface area contributed by atoms with Gasteiger partial charge in [0.25, 0.3) is 0 Å². The summed E-state index contributed by atoms with van der Waals surface area (Å²) in [6, 6.07) is 0. The summed E-state index contributed by atoms with van der Waals surface area (Å²) in [5, 5.41) is 38.7. The van der Waals surface area contributed by atoms with Gasteiger partial charge in [0.1, 0.15) is 18.3 Å². The van der Waals surface area contributed by atoms with E-state index < -0.39 is 43.3 Å². The summed E-state index contributed by atoms with van der Waals surface area (Å²) in [6.45, 7) is 1.66. The molecule has 1 unspecified atom stereocenters. The molecule has 1 fully saturated rings. The van der Waals surface area contributed by atoms with E-state index in [-0.39, 0.29) is 6.42 Å². The van der Waals surface area contributed by atoms with E-state index in [1.165, 1.54) is 25.7 Å². The van der Waals surface area contributed by atoms with Crippen LogP contribution in [0.2, 0.25) is 0 Å². The van der Waals surface area contributed by atoms with Gasteiger partial charge in [-0.3, -0.25) is 4.79 Å². The summed E-state index contributed by atoms with van der Waals surface area (Å²) in [4.78, 5) is 11.9. The molecule has 7 heteroatoms. The van der Waals surface area contributed by atoms with Crippen molar-refractivity contribution < 1.29 is 34.7 Å². The fourth-order valence-electron chi connectivity index (χ4n) is 3.49. The molecule has 0 aromatic rings. The Morgan fingerprint density at radius 2 is 1.48 bits per heavy atom. The Hall–Kier alpha value is -1.25. The van der Waals surface area contributed by atoms with Crippen molar-refractivity contribution in [1.82, 2.24) is 0 Å². The van der Waals surface area contributed by atoms with Crippen LogP contribution in [0.15, 0.2) is 24.3 Å². The minimum atomic E-state index is -1.58. The van der Waals surface area contributed by atoms with Gasteiger partial charge in [-0.1, -0.05) is 63.3 Å². The van der Waals surface area contributed by atoms with Crippen molar-refractivity contribution in [2.75, 3.05) is 6.61 Å². The van der Waals surface area contributed by atoms with Gasteiger partial charge < -0.3 is 29.9 Å². The van der Waals surface area contributed by atoms with Gasteiger partial charge in [-0.2, -0.15) is 0 Å². The zero-order chi connectivity index (χ0) is 22.9. The van der Waals surface area contributed by atoms with Crippen LogP contribution >= 0.6 is 0 Å². The number of ether oxygens (including phenoxy) is 2. The smallest absolute Gasteiger partial charge is 0.306 e. The van der Waals surface area contributed by atoms with Gasteiger partial charge in [0.05, 0.1) is 6.61 Å². The van der Waals surface area contributed by atoms with Crippen LogP contribution in [0.3, 0.4) is 0 Å². The molecular weight excluding hydrogens is 400 g/mol. The highest BCUT2D eigenvalue weighted by molar-refractivity contribution is 5.69. The Morgan fingerprint density at radius 1 is 0.871 bits per heavy atom. The van der Waals surface area contributed by atoms with Crippen molar-refractivity contribution in [3.63, 3.8) is 0 Å². The zero-order valence-corrected chi connectivity index (χ0v) is 18.9. The summed E-state index contributed by atoms with van der Waals surface area (Å²) < 4.78 is 10.0. The van der Waals surface area contributed by atoms with Crippen molar-refractivity contribution in [1.29, 1.82) is 0 Å². The van der Waals surface area contributed by atoms with Crippen molar-refractivity contribution >= 4 is 5.97 Å². The largest absolute Gasteiger partial charge is 0.454 e. The summed E-state index contributed by atoms with van der Waals surface area (Å²) in [7, 11) is 0. The monoisotopic (exact) mass is 442 g/mol. The van der Waals surface area contributed by atoms with Gasteiger partial charge in [-0.25, -0.2) is 0 Å². The highest BCUT2D eigenvalue weighted by atomic mass is 16.7. The first-order chi connectivity index (χ1) is 15.0. The Balaban J connectivity index is 2.03. The maximum atomic E-state index is 11.9. The van der Waals surface area contributed by atoms with Crippen LogP contribution in [0.5, 0.6) is 0 Å². The SMILES string of the molecule is CCCCC/C=C/C/C=C/CCCCCCCC(=O)O[C@H]1C(O)O[C@H](CO)[C@@H](O)[C@@H]1O. The third kappa shape index (κ3) is 11.8. The topological polar surface area (TPSA) is 116 Å². The third-order valence-electron chi connectivity index (χ3n) is 5.44. The summed E-state index contributed by atoms with van der Waals surface area (Å²) in [6.07, 6.45) is 14.1. The molecule has 0 radical (unpaired) electrons. The van der Waals surface area contributed by atoms with E-state index in [1.807, 2.05) is 0 Å². The van der Waals surface area contributed by atoms with Crippen LogP contribution in [0.25, 0.3) is 0 Å². The lowest BCUT2D eigenvalue weighted by Gasteiger charge is -2.39. The molecule has 7 nitrogen and oxygen atoms in total. The number of aliphatic hydroxyl groups excluding tert-OH is 4. The fraction of sp³-hybridized carbons (Fsp3) is 0.792. The normalized spacial score (nSPS) is 26.7. The number of esters is 1. The van der Waals surface area contributed by atoms with E-state index in [0.717, 1.165) is 38.5 Å². The second-order valence-electron chi connectivity index (χ2n) is 8.16. The van der Waals surface area contributed by atoms with E-state index in [4.69, 9.17) is 14.6 Å². The molecule has 1 aliphatic heterocycles. The Kier molecular flexibility index (Phi) is 15.5. The first-order valence-corrected chi connectivity index (χ1v) is 11.8. The number of rotatable bonds is 16. The third-order valence-corrected chi connectivity index (χ3v) is 5.44. The molecule has 1 heterocycles. The molecule has 0 amide bonds. The Bertz CT molecular complexity index is 520. The molecule has 180 valence electrons. The van der Waals surface area contributed by atoms with E-state index in [9.17, 15) is 20.1 Å². The van der Waals surface area contributed by atoms with Crippen LogP contribution in [-0.2, 0) is 14.3 Å². The minimum Gasteiger partial charge on any atom is -0.454 e. The van der Waals surface area contributed by atoms with Crippen molar-refractivity contribution in [2.24, 2.45) is 0 Å². The van der Waals surface area contributed by atoms with Crippen LogP contribution in [0, 0.1) is 0 Å². The van der Waals surface area contributed by atoms with E-state index in [1.54, 1.807) is 0 Å². The van der Waals surface area contributed by atoms with Crippen molar-refractivity contribution in [3.05, 3.63) is 24.3 Å². The first-order valence-electron chi connectivity index (χ1n) is 11.8. The molecular formula is C24H42O7. The maximum absolute atomic E-state index is 11.9. The number of carbonyl (C=O) groups excluding carboxylic acids is 1. The molecule has 1 saturated heterocycles. The van der Waals surface area contributed by atoms with Gasteiger partial charge in [0.15, 0.2) is 12.4 Å². The quantitative estimate of drug-likeness (QED) is 0.165. The van der Waals surface area contributed by atoms with Crippen LogP contribution < -0.4 is 0 Å². The summed E-state index contributed by atoms with van der Waals surface area (Å²) in [5.74, 6) is -0.549. The minimum absolute atomic E-state index is 0.181. The molecule has 31 heavy (non-hydrogen) atoms. The molecule has 0 bridgehead atoms. The first kappa shape index (κ1) is 27.8. The molecule has 0 saturated carbocycles. The molecule has 0 aliphatic carbocycles. The summed E-state index contributed by atoms with van der Waals surface area (Å²) in [5.41, 5.74) is 0. The zero-order valence-electron chi connectivity index (χ0n) is 18.9. The van der Waals surface area contributed by atoms with Crippen molar-refractivity contribution in [3.8, 4) is 0 Å². The highest BCUT2D eigenvalue weighted by Crippen LogP contribution is 2.23. The summed E-state index contributed by atoms with van der Waals surface area (Å²) >= 11 is 0. The molecule has 1 aliphatic rings. The average Bonchev–Trinajstić information content (AvgIpc) is 2.76. The lowest BCUT2D eigenvalue weighted by Crippen LogP contribution is -2.59. The standard InChI is InChI=1S/C24H42O7/c1-2-3-4-5-6-7-8-9-10-11-12-13-14-15-16-17-20(26)31-23-22(28)21(27)19(18-25)30-24(23)29/h6-7,9-10,19,21-25,27-29H,2-5,8,11-18H2,1H3/b7-6+,10-9+/t19-,21-,22+,23-,24?/m1/s1. The van der Waals surface area contributed by atoms with Gasteiger partial charge >= 0.3 is 5.97 Å². The molecule has 1 rings (SSSR count). The van der Waals surface area contributed by atoms with Gasteiger partial charge in [-0.15, -0.1) is 0 Å². The number of unbranched alkanes of at least 4 members (excludes halogenated alkanes) is 8. The molecule has 5 atom stereocenters. The number of hydrogen-bond acceptors (Lipinski definition) is 7. The maximum Gasteiger partial charge on any atom is 0.306 e. The number of aliphatic hydroxyl groups is 4. The lowest BCUT2D eigenvalue weighted by atomic mass is 9.99. The lowest BCUT2D eigenvalue weighted by molar-refractivity contribution is -0.290. The second-order valence-corrected chi connectivity index (χ2v) is 8.16. The van der Waals surface area contributed by atoms with Gasteiger partial charge in [0, 0.05) is 6.42 Å². The number of hydrogen-bond donors (Lipinski definition) is 4. The van der Waals surface area contributed by atoms with Crippen LogP contribution in [0.1, 0.15) is 84.0 Å². The average molecular weight is 443 g/mol. The van der Waals surface area contributed by atoms with E-state index in [2.05, 4.69) is 31.2 Å². The molecule has 0 spiro atoms. The predicted octanol–water partition coefficient (Wildman–Crippen LogP) is 3.14. The fourth-order valence-corrected chi connectivity index (χ4v) is 3.49.